The smallest absolute Gasteiger partial charge is 0.418 e. The van der Waals surface area contributed by atoms with Gasteiger partial charge in [0.25, 0.3) is 5.91 Å². The summed E-state index contributed by atoms with van der Waals surface area (Å²) in [7, 11) is 0. The number of ether oxygens (including phenoxy) is 1. The zero-order valence-electron chi connectivity index (χ0n) is 12.4. The summed E-state index contributed by atoms with van der Waals surface area (Å²) in [6.45, 7) is -0.784. The van der Waals surface area contributed by atoms with Gasteiger partial charge in [-0.1, -0.05) is 35.3 Å². The molecule has 0 saturated carbocycles. The van der Waals surface area contributed by atoms with E-state index in [0.717, 1.165) is 12.1 Å². The lowest BCUT2D eigenvalue weighted by Gasteiger charge is -2.15. The molecule has 9 heteroatoms. The second-order valence-corrected chi connectivity index (χ2v) is 5.64. The zero-order chi connectivity index (χ0) is 18.6. The van der Waals surface area contributed by atoms with Gasteiger partial charge in [-0.2, -0.15) is 13.2 Å². The van der Waals surface area contributed by atoms with Crippen molar-refractivity contribution in [2.24, 2.45) is 0 Å². The normalized spacial score (nSPS) is 11.1. The molecule has 0 fully saturated rings. The fourth-order valence-corrected chi connectivity index (χ4v) is 2.30. The number of benzene rings is 2. The van der Waals surface area contributed by atoms with Crippen LogP contribution in [0.4, 0.5) is 18.9 Å². The predicted molar refractivity (Wildman–Crippen MR) is 86.8 cm³/mol. The molecule has 1 amide bonds. The van der Waals surface area contributed by atoms with Crippen molar-refractivity contribution in [2.75, 3.05) is 11.9 Å². The highest BCUT2D eigenvalue weighted by Gasteiger charge is 2.34. The molecule has 2 aromatic carbocycles. The number of para-hydroxylation sites is 1. The molecule has 0 aliphatic rings. The molecule has 0 atom stereocenters. The summed E-state index contributed by atoms with van der Waals surface area (Å²) in [4.78, 5) is 23.6. The number of anilines is 1. The lowest BCUT2D eigenvalue weighted by atomic mass is 10.1. The maximum absolute atomic E-state index is 12.9. The first-order valence-corrected chi connectivity index (χ1v) is 7.52. The van der Waals surface area contributed by atoms with E-state index in [1.807, 2.05) is 5.32 Å². The summed E-state index contributed by atoms with van der Waals surface area (Å²) in [5.74, 6) is -1.80. The molecule has 0 unspecified atom stereocenters. The molecule has 2 rings (SSSR count). The Bertz CT molecular complexity index is 809. The monoisotopic (exact) mass is 391 g/mol. The fourth-order valence-electron chi connectivity index (χ4n) is 1.89. The van der Waals surface area contributed by atoms with E-state index in [9.17, 15) is 22.8 Å². The van der Waals surface area contributed by atoms with Gasteiger partial charge in [0.1, 0.15) is 0 Å². The third-order valence-corrected chi connectivity index (χ3v) is 3.53. The van der Waals surface area contributed by atoms with Crippen LogP contribution < -0.4 is 5.32 Å². The van der Waals surface area contributed by atoms with Crippen LogP contribution in [0.1, 0.15) is 15.9 Å². The highest BCUT2D eigenvalue weighted by atomic mass is 35.5. The Labute approximate surface area is 150 Å². The number of nitrogens with one attached hydrogen (secondary N) is 1. The molecule has 0 aromatic heterocycles. The Morgan fingerprint density at radius 2 is 1.76 bits per heavy atom. The molecule has 0 aliphatic heterocycles. The Morgan fingerprint density at radius 3 is 2.40 bits per heavy atom. The van der Waals surface area contributed by atoms with Gasteiger partial charge in [0.15, 0.2) is 6.61 Å². The van der Waals surface area contributed by atoms with Crippen molar-refractivity contribution >= 4 is 40.8 Å². The summed E-state index contributed by atoms with van der Waals surface area (Å²) in [5, 5.41) is 2.02. The van der Waals surface area contributed by atoms with Crippen LogP contribution in [0, 0.1) is 0 Å². The van der Waals surface area contributed by atoms with Crippen LogP contribution in [0.3, 0.4) is 0 Å². The van der Waals surface area contributed by atoms with Crippen LogP contribution in [0.25, 0.3) is 0 Å². The number of hydrogen-bond acceptors (Lipinski definition) is 3. The average molecular weight is 392 g/mol. The summed E-state index contributed by atoms with van der Waals surface area (Å²) < 4.78 is 43.6. The summed E-state index contributed by atoms with van der Waals surface area (Å²) in [6, 6.07) is 8.89. The van der Waals surface area contributed by atoms with Crippen molar-refractivity contribution in [3.63, 3.8) is 0 Å². The molecular formula is C16H10Cl2F3NO3. The van der Waals surface area contributed by atoms with Crippen molar-refractivity contribution < 1.29 is 27.5 Å². The first kappa shape index (κ1) is 19.1. The first-order valence-electron chi connectivity index (χ1n) is 6.76. The lowest BCUT2D eigenvalue weighted by molar-refractivity contribution is -0.137. The first-order chi connectivity index (χ1) is 11.7. The second kappa shape index (κ2) is 7.76. The van der Waals surface area contributed by atoms with Crippen molar-refractivity contribution in [3.8, 4) is 0 Å². The number of amides is 1. The maximum Gasteiger partial charge on any atom is 0.418 e. The van der Waals surface area contributed by atoms with Crippen LogP contribution in [0.5, 0.6) is 0 Å². The van der Waals surface area contributed by atoms with Crippen molar-refractivity contribution in [2.45, 2.75) is 6.18 Å². The van der Waals surface area contributed by atoms with Gasteiger partial charge < -0.3 is 10.1 Å². The molecule has 0 radical (unpaired) electrons. The third-order valence-electron chi connectivity index (χ3n) is 2.98. The van der Waals surface area contributed by atoms with Gasteiger partial charge in [-0.25, -0.2) is 4.79 Å². The largest absolute Gasteiger partial charge is 0.452 e. The summed E-state index contributed by atoms with van der Waals surface area (Å²) in [6.07, 6.45) is -4.70. The molecule has 4 nitrogen and oxygen atoms in total. The summed E-state index contributed by atoms with van der Waals surface area (Å²) >= 11 is 11.4. The van der Waals surface area contributed by atoms with Crippen LogP contribution in [0.2, 0.25) is 10.0 Å². The number of hydrogen-bond donors (Lipinski definition) is 1. The van der Waals surface area contributed by atoms with E-state index < -0.39 is 35.9 Å². The lowest BCUT2D eigenvalue weighted by Crippen LogP contribution is -2.23. The number of halogens is 5. The highest BCUT2D eigenvalue weighted by Crippen LogP contribution is 2.38. The van der Waals surface area contributed by atoms with Crippen molar-refractivity contribution in [1.29, 1.82) is 0 Å². The quantitative estimate of drug-likeness (QED) is 0.761. The number of esters is 1. The van der Waals surface area contributed by atoms with Gasteiger partial charge in [-0.3, -0.25) is 4.79 Å². The topological polar surface area (TPSA) is 55.4 Å². The number of carbonyl (C=O) groups is 2. The van der Waals surface area contributed by atoms with Gasteiger partial charge >= 0.3 is 12.1 Å². The highest BCUT2D eigenvalue weighted by molar-refractivity contribution is 6.34. The van der Waals surface area contributed by atoms with Crippen molar-refractivity contribution in [3.05, 3.63) is 63.6 Å². The minimum atomic E-state index is -4.70. The van der Waals surface area contributed by atoms with Crippen LogP contribution in [-0.2, 0) is 15.7 Å². The Morgan fingerprint density at radius 1 is 1.08 bits per heavy atom. The predicted octanol–water partition coefficient (Wildman–Crippen LogP) is 4.81. The Hall–Kier alpha value is -2.25. The van der Waals surface area contributed by atoms with Crippen LogP contribution in [0.15, 0.2) is 42.5 Å². The average Bonchev–Trinajstić information content (AvgIpc) is 2.53. The van der Waals surface area contributed by atoms with Gasteiger partial charge in [-0.15, -0.1) is 0 Å². The van der Waals surface area contributed by atoms with Crippen LogP contribution in [-0.4, -0.2) is 18.5 Å². The number of carbonyl (C=O) groups excluding carboxylic acids is 2. The second-order valence-electron chi connectivity index (χ2n) is 4.79. The Balaban J connectivity index is 2.05. The van der Waals surface area contributed by atoms with Crippen molar-refractivity contribution in [1.82, 2.24) is 0 Å². The van der Waals surface area contributed by atoms with Gasteiger partial charge in [0, 0.05) is 5.02 Å². The van der Waals surface area contributed by atoms with E-state index >= 15 is 0 Å². The number of alkyl halides is 3. The molecule has 25 heavy (non-hydrogen) atoms. The Kier molecular flexibility index (Phi) is 5.92. The molecule has 0 spiro atoms. The van der Waals surface area contributed by atoms with Gasteiger partial charge in [0.05, 0.1) is 21.8 Å². The van der Waals surface area contributed by atoms with E-state index in [2.05, 4.69) is 0 Å². The van der Waals surface area contributed by atoms with E-state index in [4.69, 9.17) is 27.9 Å². The standard InChI is InChI=1S/C16H10Cl2F3NO3/c17-10-4-1-3-9(7-10)15(24)25-8-13(23)22-14-11(16(19,20)21)5-2-6-12(14)18/h1-7H,8H2,(H,22,23). The van der Waals surface area contributed by atoms with E-state index in [1.54, 1.807) is 6.07 Å². The van der Waals surface area contributed by atoms with Gasteiger partial charge in [-0.05, 0) is 30.3 Å². The molecule has 0 aliphatic carbocycles. The summed E-state index contributed by atoms with van der Waals surface area (Å²) in [5.41, 5.74) is -1.59. The van der Waals surface area contributed by atoms with E-state index in [0.29, 0.717) is 5.02 Å². The fraction of sp³-hybridized carbons (Fsp3) is 0.125. The SMILES string of the molecule is O=C(COC(=O)c1cccc(Cl)c1)Nc1c(Cl)cccc1C(F)(F)F. The van der Waals surface area contributed by atoms with E-state index in [1.165, 1.54) is 24.3 Å². The third kappa shape index (κ3) is 5.11. The molecule has 0 saturated heterocycles. The molecule has 2 aromatic rings. The zero-order valence-corrected chi connectivity index (χ0v) is 13.9. The van der Waals surface area contributed by atoms with Gasteiger partial charge in [0.2, 0.25) is 0 Å². The maximum atomic E-state index is 12.9. The molecule has 0 bridgehead atoms. The molecule has 132 valence electrons. The molecular weight excluding hydrogens is 382 g/mol. The van der Waals surface area contributed by atoms with Crippen LogP contribution >= 0.6 is 23.2 Å². The minimum absolute atomic E-state index is 0.106. The molecule has 0 heterocycles. The van der Waals surface area contributed by atoms with E-state index in [-0.39, 0.29) is 10.6 Å². The molecule has 1 N–H and O–H groups in total. The number of rotatable bonds is 4. The minimum Gasteiger partial charge on any atom is -0.452 e.